The summed E-state index contributed by atoms with van der Waals surface area (Å²) in [5.74, 6) is 1.92. The van der Waals surface area contributed by atoms with Gasteiger partial charge in [-0.05, 0) is 48.6 Å². The van der Waals surface area contributed by atoms with E-state index in [0.29, 0.717) is 0 Å². The summed E-state index contributed by atoms with van der Waals surface area (Å²) in [6.07, 6.45) is 2.27. The lowest BCUT2D eigenvalue weighted by Gasteiger charge is -2.35. The first-order chi connectivity index (χ1) is 11.4. The molecule has 0 amide bonds. The lowest BCUT2D eigenvalue weighted by Crippen LogP contribution is -2.50. The number of rotatable bonds is 5. The molecular formula is C18H28IN3O2. The van der Waals surface area contributed by atoms with E-state index >= 15 is 0 Å². The Morgan fingerprint density at radius 1 is 1.33 bits per heavy atom. The first-order valence-corrected chi connectivity index (χ1v) is 9.45. The summed E-state index contributed by atoms with van der Waals surface area (Å²) in [6, 6.07) is 8.18. The van der Waals surface area contributed by atoms with Gasteiger partial charge in [-0.2, -0.15) is 0 Å². The second-order valence-corrected chi connectivity index (χ2v) is 7.76. The molecule has 1 saturated heterocycles. The number of ether oxygens (including phenoxy) is 2. The SMILES string of the molecule is CN=C(NCC(C)(C)OC)N1CCC(Oc2ccccc2I)CC1. The number of benzene rings is 1. The van der Waals surface area contributed by atoms with Crippen LogP contribution in [0.3, 0.4) is 0 Å². The molecular weight excluding hydrogens is 417 g/mol. The van der Waals surface area contributed by atoms with Gasteiger partial charge in [0.1, 0.15) is 11.9 Å². The minimum atomic E-state index is -0.207. The molecule has 1 heterocycles. The number of nitrogens with one attached hydrogen (secondary N) is 1. The Labute approximate surface area is 158 Å². The number of para-hydroxylation sites is 1. The zero-order valence-electron chi connectivity index (χ0n) is 15.0. The number of halogens is 1. The van der Waals surface area contributed by atoms with Gasteiger partial charge in [-0.15, -0.1) is 0 Å². The van der Waals surface area contributed by atoms with Crippen LogP contribution in [0.25, 0.3) is 0 Å². The molecule has 1 N–H and O–H groups in total. The zero-order valence-corrected chi connectivity index (χ0v) is 17.2. The molecule has 0 saturated carbocycles. The Kier molecular flexibility index (Phi) is 7.16. The standard InChI is InChI=1S/C18H28IN3O2/c1-18(2,23-4)13-21-17(20-3)22-11-9-14(10-12-22)24-16-8-6-5-7-15(16)19/h5-8,14H,9-13H2,1-4H3,(H,20,21). The lowest BCUT2D eigenvalue weighted by molar-refractivity contribution is 0.0260. The molecule has 1 aliphatic heterocycles. The fourth-order valence-electron chi connectivity index (χ4n) is 2.60. The van der Waals surface area contributed by atoms with E-state index in [0.717, 1.165) is 47.8 Å². The highest BCUT2D eigenvalue weighted by Gasteiger charge is 2.24. The third-order valence-electron chi connectivity index (χ3n) is 4.31. The highest BCUT2D eigenvalue weighted by molar-refractivity contribution is 14.1. The molecule has 0 radical (unpaired) electrons. The molecule has 0 bridgehead atoms. The maximum atomic E-state index is 6.16. The molecule has 1 aromatic rings. The molecule has 1 fully saturated rings. The van der Waals surface area contributed by atoms with E-state index in [1.54, 1.807) is 7.11 Å². The number of guanidine groups is 1. The van der Waals surface area contributed by atoms with Gasteiger partial charge in [-0.25, -0.2) is 0 Å². The molecule has 0 atom stereocenters. The first-order valence-electron chi connectivity index (χ1n) is 8.37. The number of piperidine rings is 1. The van der Waals surface area contributed by atoms with E-state index in [9.17, 15) is 0 Å². The van der Waals surface area contributed by atoms with E-state index in [4.69, 9.17) is 9.47 Å². The molecule has 1 aromatic carbocycles. The number of methoxy groups -OCH3 is 1. The lowest BCUT2D eigenvalue weighted by atomic mass is 10.1. The van der Waals surface area contributed by atoms with Crippen LogP contribution in [0.1, 0.15) is 26.7 Å². The zero-order chi connectivity index (χ0) is 17.6. The summed E-state index contributed by atoms with van der Waals surface area (Å²) in [7, 11) is 3.56. The second-order valence-electron chi connectivity index (χ2n) is 6.60. The maximum Gasteiger partial charge on any atom is 0.193 e. The number of likely N-dealkylation sites (tertiary alicyclic amines) is 1. The summed E-state index contributed by atoms with van der Waals surface area (Å²) in [5.41, 5.74) is -0.207. The predicted molar refractivity (Wildman–Crippen MR) is 107 cm³/mol. The number of nitrogens with zero attached hydrogens (tertiary/aromatic N) is 2. The summed E-state index contributed by atoms with van der Waals surface area (Å²) >= 11 is 2.32. The summed E-state index contributed by atoms with van der Waals surface area (Å²) in [6.45, 7) is 6.75. The average Bonchev–Trinajstić information content (AvgIpc) is 2.59. The van der Waals surface area contributed by atoms with Crippen molar-refractivity contribution >= 4 is 28.6 Å². The van der Waals surface area contributed by atoms with Gasteiger partial charge < -0.3 is 19.7 Å². The van der Waals surface area contributed by atoms with Crippen LogP contribution < -0.4 is 10.1 Å². The van der Waals surface area contributed by atoms with Crippen LogP contribution in [0, 0.1) is 3.57 Å². The van der Waals surface area contributed by atoms with Crippen molar-refractivity contribution < 1.29 is 9.47 Å². The number of aliphatic imine (C=N–C) groups is 1. The van der Waals surface area contributed by atoms with Crippen molar-refractivity contribution in [2.75, 3.05) is 33.8 Å². The molecule has 0 aliphatic carbocycles. The third-order valence-corrected chi connectivity index (χ3v) is 5.20. The van der Waals surface area contributed by atoms with E-state index < -0.39 is 0 Å². The molecule has 5 nitrogen and oxygen atoms in total. The van der Waals surface area contributed by atoms with E-state index in [1.165, 1.54) is 0 Å². The van der Waals surface area contributed by atoms with Crippen molar-refractivity contribution in [1.82, 2.24) is 10.2 Å². The van der Waals surface area contributed by atoms with Gasteiger partial charge in [0, 0.05) is 46.6 Å². The van der Waals surface area contributed by atoms with Crippen LogP contribution in [-0.2, 0) is 4.74 Å². The Morgan fingerprint density at radius 2 is 2.00 bits per heavy atom. The number of hydrogen-bond donors (Lipinski definition) is 1. The highest BCUT2D eigenvalue weighted by Crippen LogP contribution is 2.24. The van der Waals surface area contributed by atoms with Crippen LogP contribution in [0.5, 0.6) is 5.75 Å². The Bertz CT molecular complexity index is 555. The van der Waals surface area contributed by atoms with E-state index in [2.05, 4.69) is 57.7 Å². The van der Waals surface area contributed by atoms with Gasteiger partial charge in [0.2, 0.25) is 0 Å². The van der Waals surface area contributed by atoms with Gasteiger partial charge in [0.15, 0.2) is 5.96 Å². The minimum absolute atomic E-state index is 0.207. The fourth-order valence-corrected chi connectivity index (χ4v) is 3.12. The van der Waals surface area contributed by atoms with Crippen molar-refractivity contribution in [1.29, 1.82) is 0 Å². The van der Waals surface area contributed by atoms with Crippen molar-refractivity contribution in [3.05, 3.63) is 27.8 Å². The van der Waals surface area contributed by atoms with Gasteiger partial charge in [-0.3, -0.25) is 4.99 Å². The summed E-state index contributed by atoms with van der Waals surface area (Å²) in [4.78, 5) is 6.70. The van der Waals surface area contributed by atoms with Crippen molar-refractivity contribution in [2.24, 2.45) is 4.99 Å². The van der Waals surface area contributed by atoms with Crippen molar-refractivity contribution in [3.8, 4) is 5.75 Å². The quantitative estimate of drug-likeness (QED) is 0.430. The maximum absolute atomic E-state index is 6.16. The van der Waals surface area contributed by atoms with Crippen LogP contribution >= 0.6 is 22.6 Å². The fraction of sp³-hybridized carbons (Fsp3) is 0.611. The van der Waals surface area contributed by atoms with Crippen LogP contribution in [0.15, 0.2) is 29.3 Å². The number of hydrogen-bond acceptors (Lipinski definition) is 3. The van der Waals surface area contributed by atoms with Gasteiger partial charge in [0.25, 0.3) is 0 Å². The first kappa shape index (κ1) is 19.3. The molecule has 0 unspecified atom stereocenters. The largest absolute Gasteiger partial charge is 0.489 e. The van der Waals surface area contributed by atoms with Gasteiger partial charge >= 0.3 is 0 Å². The molecule has 0 spiro atoms. The molecule has 134 valence electrons. The average molecular weight is 445 g/mol. The molecule has 1 aliphatic rings. The third kappa shape index (κ3) is 5.51. The molecule has 6 heteroatoms. The van der Waals surface area contributed by atoms with Crippen LogP contribution in [0.2, 0.25) is 0 Å². The van der Waals surface area contributed by atoms with Crippen molar-refractivity contribution in [3.63, 3.8) is 0 Å². The topological polar surface area (TPSA) is 46.1 Å². The molecule has 0 aromatic heterocycles. The predicted octanol–water partition coefficient (Wildman–Crippen LogP) is 3.13. The van der Waals surface area contributed by atoms with Crippen molar-refractivity contribution in [2.45, 2.75) is 38.4 Å². The second kappa shape index (κ2) is 8.89. The smallest absolute Gasteiger partial charge is 0.193 e. The Balaban J connectivity index is 1.84. The van der Waals surface area contributed by atoms with Gasteiger partial charge in [-0.1, -0.05) is 12.1 Å². The molecule has 24 heavy (non-hydrogen) atoms. The van der Waals surface area contributed by atoms with E-state index in [1.807, 2.05) is 25.2 Å². The summed E-state index contributed by atoms with van der Waals surface area (Å²) < 4.78 is 12.8. The Morgan fingerprint density at radius 3 is 2.58 bits per heavy atom. The van der Waals surface area contributed by atoms with Crippen LogP contribution in [0.4, 0.5) is 0 Å². The summed E-state index contributed by atoms with van der Waals surface area (Å²) in [5, 5.41) is 3.41. The minimum Gasteiger partial charge on any atom is -0.489 e. The molecule has 2 rings (SSSR count). The normalized spacial score (nSPS) is 17.0. The van der Waals surface area contributed by atoms with E-state index in [-0.39, 0.29) is 11.7 Å². The monoisotopic (exact) mass is 445 g/mol. The Hall–Kier alpha value is -1.02. The highest BCUT2D eigenvalue weighted by atomic mass is 127. The van der Waals surface area contributed by atoms with Crippen LogP contribution in [-0.4, -0.2) is 56.4 Å². The van der Waals surface area contributed by atoms with Gasteiger partial charge in [0.05, 0.1) is 9.17 Å².